The minimum absolute atomic E-state index is 0.00325. The van der Waals surface area contributed by atoms with Gasteiger partial charge in [0.1, 0.15) is 0 Å². The Bertz CT molecular complexity index is 1050. The number of aryl methyl sites for hydroxylation is 1. The van der Waals surface area contributed by atoms with Gasteiger partial charge in [0.05, 0.1) is 6.61 Å². The molecular weight excluding hydrogens is 373 g/mol. The van der Waals surface area contributed by atoms with E-state index in [9.17, 15) is 13.2 Å². The molecule has 0 aromatic heterocycles. The highest BCUT2D eigenvalue weighted by molar-refractivity contribution is 6.05. The molecule has 29 heavy (non-hydrogen) atoms. The van der Waals surface area contributed by atoms with Gasteiger partial charge < -0.3 is 4.74 Å². The van der Waals surface area contributed by atoms with Crippen molar-refractivity contribution in [1.29, 1.82) is 0 Å². The first-order chi connectivity index (χ1) is 14.1. The van der Waals surface area contributed by atoms with Crippen LogP contribution < -0.4 is 4.74 Å². The minimum Gasteiger partial charge on any atom is -0.491 e. The Morgan fingerprint density at radius 2 is 1.45 bits per heavy atom. The Hall–Kier alpha value is -2.75. The third kappa shape index (κ3) is 3.31. The van der Waals surface area contributed by atoms with E-state index in [0.717, 1.165) is 19.3 Å². The Morgan fingerprint density at radius 1 is 0.724 bits per heavy atom. The lowest BCUT2D eigenvalue weighted by molar-refractivity contribution is 0.322. The van der Waals surface area contributed by atoms with Crippen molar-refractivity contribution in [2.75, 3.05) is 6.61 Å². The van der Waals surface area contributed by atoms with E-state index < -0.39 is 17.5 Å². The summed E-state index contributed by atoms with van der Waals surface area (Å²) >= 11 is 0. The van der Waals surface area contributed by atoms with Gasteiger partial charge in [0, 0.05) is 16.7 Å². The van der Waals surface area contributed by atoms with Gasteiger partial charge in [0.2, 0.25) is 0 Å². The molecule has 0 heterocycles. The van der Waals surface area contributed by atoms with E-state index in [1.165, 1.54) is 18.1 Å². The minimum atomic E-state index is -1.01. The molecule has 0 saturated carbocycles. The van der Waals surface area contributed by atoms with E-state index in [1.807, 2.05) is 24.3 Å². The molecule has 0 amide bonds. The lowest BCUT2D eigenvalue weighted by atomic mass is 9.78. The summed E-state index contributed by atoms with van der Waals surface area (Å²) < 4.78 is 49.6. The number of unbranched alkanes of at least 4 members (excludes halogenated alkanes) is 2. The van der Waals surface area contributed by atoms with Crippen LogP contribution >= 0.6 is 0 Å². The smallest absolute Gasteiger partial charge is 0.173 e. The molecule has 1 nitrogen and oxygen atoms in total. The largest absolute Gasteiger partial charge is 0.491 e. The summed E-state index contributed by atoms with van der Waals surface area (Å²) in [5.74, 6) is -2.54. The van der Waals surface area contributed by atoms with Gasteiger partial charge in [-0.25, -0.2) is 13.2 Å². The van der Waals surface area contributed by atoms with Crippen molar-refractivity contribution in [1.82, 2.24) is 0 Å². The van der Waals surface area contributed by atoms with E-state index in [1.54, 1.807) is 19.1 Å². The molecule has 0 bridgehead atoms. The average molecular weight is 396 g/mol. The molecule has 0 fully saturated rings. The molecule has 1 aliphatic rings. The summed E-state index contributed by atoms with van der Waals surface area (Å²) in [6, 6.07) is 12.4. The summed E-state index contributed by atoms with van der Waals surface area (Å²) in [6.45, 7) is 4.20. The van der Waals surface area contributed by atoms with Gasteiger partial charge in [0.25, 0.3) is 0 Å². The third-order valence-electron chi connectivity index (χ3n) is 5.49. The van der Waals surface area contributed by atoms with Crippen LogP contribution in [0.4, 0.5) is 13.2 Å². The highest BCUT2D eigenvalue weighted by atomic mass is 19.2. The molecule has 1 aliphatic carbocycles. The number of hydrogen-bond acceptors (Lipinski definition) is 1. The zero-order valence-electron chi connectivity index (χ0n) is 16.6. The normalized spacial score (nSPS) is 11.6. The summed E-state index contributed by atoms with van der Waals surface area (Å²) in [5, 5.41) is 0. The molecule has 0 spiro atoms. The fraction of sp³-hybridized carbons (Fsp3) is 0.280. The molecule has 3 aromatic carbocycles. The summed E-state index contributed by atoms with van der Waals surface area (Å²) in [7, 11) is 0. The van der Waals surface area contributed by atoms with Crippen molar-refractivity contribution in [3.05, 3.63) is 65.5 Å². The van der Waals surface area contributed by atoms with Crippen LogP contribution in [0.1, 0.15) is 38.7 Å². The first kappa shape index (κ1) is 19.6. The Balaban J connectivity index is 1.69. The zero-order chi connectivity index (χ0) is 20.5. The number of fused-ring (bicyclic) bond motifs is 4. The lowest BCUT2D eigenvalue weighted by Crippen LogP contribution is -2.09. The van der Waals surface area contributed by atoms with Gasteiger partial charge in [-0.05, 0) is 60.2 Å². The van der Waals surface area contributed by atoms with E-state index in [-0.39, 0.29) is 22.4 Å². The van der Waals surface area contributed by atoms with Crippen LogP contribution in [0.2, 0.25) is 0 Å². The number of benzene rings is 3. The second-order valence-electron chi connectivity index (χ2n) is 7.36. The van der Waals surface area contributed by atoms with Crippen LogP contribution in [-0.2, 0) is 6.42 Å². The van der Waals surface area contributed by atoms with Crippen LogP contribution in [0.15, 0.2) is 42.5 Å². The first-order valence-electron chi connectivity index (χ1n) is 10.1. The Morgan fingerprint density at radius 3 is 2.14 bits per heavy atom. The fourth-order valence-electron chi connectivity index (χ4n) is 3.95. The maximum atomic E-state index is 14.9. The standard InChI is InChI=1S/C25H23F3O/c1-3-5-6-7-15-8-10-16(11-9-15)18-14-19-17-12-13-20(29-4-2)24(27)21(17)22(19)25(28)23(18)26/h8-14H,3-7H2,1-2H3. The highest BCUT2D eigenvalue weighted by Crippen LogP contribution is 2.53. The third-order valence-corrected chi connectivity index (χ3v) is 5.49. The molecule has 0 radical (unpaired) electrons. The van der Waals surface area contributed by atoms with E-state index in [2.05, 4.69) is 6.92 Å². The predicted molar refractivity (Wildman–Crippen MR) is 111 cm³/mol. The van der Waals surface area contributed by atoms with Crippen LogP contribution in [0.3, 0.4) is 0 Å². The van der Waals surface area contributed by atoms with Crippen LogP contribution in [-0.4, -0.2) is 6.61 Å². The van der Waals surface area contributed by atoms with Crippen molar-refractivity contribution in [2.45, 2.75) is 39.5 Å². The second kappa shape index (κ2) is 7.94. The van der Waals surface area contributed by atoms with Crippen molar-refractivity contribution >= 4 is 0 Å². The maximum Gasteiger partial charge on any atom is 0.173 e. The number of rotatable bonds is 7. The van der Waals surface area contributed by atoms with Gasteiger partial charge >= 0.3 is 0 Å². The molecular formula is C25H23F3O. The number of halogens is 3. The van der Waals surface area contributed by atoms with Crippen molar-refractivity contribution in [3.8, 4) is 39.1 Å². The van der Waals surface area contributed by atoms with Gasteiger partial charge in [-0.3, -0.25) is 0 Å². The summed E-state index contributed by atoms with van der Waals surface area (Å²) in [5.41, 5.74) is 3.20. The SMILES string of the molecule is CCCCCc1ccc(-c2cc3c(c(F)c2F)-c2c-3ccc(OCC)c2F)cc1. The summed E-state index contributed by atoms with van der Waals surface area (Å²) in [6.07, 6.45) is 4.42. The first-order valence-corrected chi connectivity index (χ1v) is 10.1. The topological polar surface area (TPSA) is 9.23 Å². The molecule has 4 rings (SSSR count). The van der Waals surface area contributed by atoms with Crippen molar-refractivity contribution in [3.63, 3.8) is 0 Å². The van der Waals surface area contributed by atoms with Crippen molar-refractivity contribution in [2.24, 2.45) is 0 Å². The number of ether oxygens (including phenoxy) is 1. The molecule has 150 valence electrons. The van der Waals surface area contributed by atoms with Gasteiger partial charge in [0.15, 0.2) is 23.2 Å². The Kier molecular flexibility index (Phi) is 5.35. The summed E-state index contributed by atoms with van der Waals surface area (Å²) in [4.78, 5) is 0. The second-order valence-corrected chi connectivity index (χ2v) is 7.36. The van der Waals surface area contributed by atoms with Crippen LogP contribution in [0.25, 0.3) is 33.4 Å². The van der Waals surface area contributed by atoms with E-state index in [0.29, 0.717) is 23.3 Å². The monoisotopic (exact) mass is 396 g/mol. The molecule has 0 saturated heterocycles. The molecule has 0 N–H and O–H groups in total. The van der Waals surface area contributed by atoms with Gasteiger partial charge in [-0.15, -0.1) is 0 Å². The molecule has 0 unspecified atom stereocenters. The van der Waals surface area contributed by atoms with Gasteiger partial charge in [-0.1, -0.05) is 44.0 Å². The predicted octanol–water partition coefficient (Wildman–Crippen LogP) is 7.55. The van der Waals surface area contributed by atoms with Crippen LogP contribution in [0.5, 0.6) is 5.75 Å². The maximum absolute atomic E-state index is 14.9. The fourth-order valence-corrected chi connectivity index (χ4v) is 3.95. The van der Waals surface area contributed by atoms with Crippen LogP contribution in [0, 0.1) is 17.5 Å². The molecule has 0 aliphatic heterocycles. The average Bonchev–Trinajstić information content (AvgIpc) is 2.71. The quantitative estimate of drug-likeness (QED) is 0.293. The lowest BCUT2D eigenvalue weighted by Gasteiger charge is -2.27. The molecule has 3 aromatic rings. The van der Waals surface area contributed by atoms with Crippen molar-refractivity contribution < 1.29 is 17.9 Å². The van der Waals surface area contributed by atoms with Gasteiger partial charge in [-0.2, -0.15) is 0 Å². The highest BCUT2D eigenvalue weighted by Gasteiger charge is 2.34. The molecule has 4 heteroatoms. The Labute approximate surface area is 169 Å². The molecule has 0 atom stereocenters. The zero-order valence-corrected chi connectivity index (χ0v) is 16.6. The number of hydrogen-bond donors (Lipinski definition) is 0. The van der Waals surface area contributed by atoms with E-state index in [4.69, 9.17) is 4.74 Å². The van der Waals surface area contributed by atoms with E-state index >= 15 is 0 Å².